The molecule has 0 unspecified atom stereocenters. The Morgan fingerprint density at radius 3 is 1.07 bits per heavy atom. The topological polar surface area (TPSA) is 0 Å². The normalized spacial score (nSPS) is 11.5. The summed E-state index contributed by atoms with van der Waals surface area (Å²) in [6.45, 7) is 0. The van der Waals surface area contributed by atoms with Crippen molar-refractivity contribution in [1.29, 1.82) is 0 Å². The van der Waals surface area contributed by atoms with Crippen LogP contribution < -0.4 is 0 Å². The van der Waals surface area contributed by atoms with Crippen LogP contribution in [-0.2, 0) is 0 Å². The molecule has 0 saturated heterocycles. The van der Waals surface area contributed by atoms with E-state index in [9.17, 15) is 0 Å². The van der Waals surface area contributed by atoms with E-state index in [1.54, 1.807) is 0 Å². The lowest BCUT2D eigenvalue weighted by molar-refractivity contribution is 1.59. The molecule has 0 aliphatic heterocycles. The maximum Gasteiger partial charge on any atom is -0.00262 e. The molecule has 9 aromatic rings. The average Bonchev–Trinajstić information content (AvgIpc) is 3.13. The van der Waals surface area contributed by atoms with Crippen molar-refractivity contribution in [2.45, 2.75) is 0 Å². The largest absolute Gasteiger partial charge is 0.0616 e. The van der Waals surface area contributed by atoms with E-state index in [1.165, 1.54) is 87.6 Å². The summed E-state index contributed by atoms with van der Waals surface area (Å²) >= 11 is 0. The minimum Gasteiger partial charge on any atom is -0.0616 e. The molecule has 9 rings (SSSR count). The second-order valence-corrected chi connectivity index (χ2v) is 12.1. The lowest BCUT2D eigenvalue weighted by atomic mass is 9.85. The van der Waals surface area contributed by atoms with Crippen LogP contribution in [0.2, 0.25) is 0 Å². The zero-order chi connectivity index (χ0) is 30.5. The van der Waals surface area contributed by atoms with Crippen LogP contribution in [0.25, 0.3) is 87.6 Å². The Hall–Kier alpha value is -5.98. The van der Waals surface area contributed by atoms with E-state index in [0.29, 0.717) is 0 Å². The fourth-order valence-electron chi connectivity index (χ4n) is 7.17. The van der Waals surface area contributed by atoms with E-state index in [0.717, 1.165) is 0 Å². The Kier molecular flexibility index (Phi) is 6.25. The summed E-state index contributed by atoms with van der Waals surface area (Å²) in [5.41, 5.74) is 9.95. The quantitative estimate of drug-likeness (QED) is 0.181. The third kappa shape index (κ3) is 4.47. The summed E-state index contributed by atoms with van der Waals surface area (Å²) in [4.78, 5) is 0. The second-order valence-electron chi connectivity index (χ2n) is 12.1. The van der Waals surface area contributed by atoms with Crippen LogP contribution in [0.3, 0.4) is 0 Å². The third-order valence-electron chi connectivity index (χ3n) is 9.42. The first kappa shape index (κ1) is 26.4. The summed E-state index contributed by atoms with van der Waals surface area (Å²) in [6, 6.07) is 66.6. The van der Waals surface area contributed by atoms with Crippen LogP contribution in [0, 0.1) is 0 Å². The molecule has 0 nitrogen and oxygen atoms in total. The van der Waals surface area contributed by atoms with Crippen LogP contribution >= 0.6 is 0 Å². The molecule has 0 radical (unpaired) electrons. The summed E-state index contributed by atoms with van der Waals surface area (Å²) in [6.07, 6.45) is 0. The fourth-order valence-corrected chi connectivity index (χ4v) is 7.17. The monoisotopic (exact) mass is 582 g/mol. The van der Waals surface area contributed by atoms with Gasteiger partial charge in [-0.2, -0.15) is 0 Å². The number of fused-ring (bicyclic) bond motifs is 4. The van der Waals surface area contributed by atoms with Crippen LogP contribution in [0.15, 0.2) is 182 Å². The Morgan fingerprint density at radius 1 is 0.196 bits per heavy atom. The summed E-state index contributed by atoms with van der Waals surface area (Å²) in [5, 5.41) is 10.2. The molecule has 0 amide bonds. The van der Waals surface area contributed by atoms with Gasteiger partial charge in [-0.1, -0.05) is 164 Å². The van der Waals surface area contributed by atoms with Gasteiger partial charge in [0.15, 0.2) is 0 Å². The molecule has 0 aromatic heterocycles. The molecule has 0 saturated carbocycles. The predicted octanol–water partition coefficient (Wildman–Crippen LogP) is 13.0. The van der Waals surface area contributed by atoms with Crippen molar-refractivity contribution in [3.63, 3.8) is 0 Å². The predicted molar refractivity (Wildman–Crippen MR) is 198 cm³/mol. The molecule has 0 atom stereocenters. The molecule has 214 valence electrons. The molecule has 0 bridgehead atoms. The van der Waals surface area contributed by atoms with Gasteiger partial charge in [-0.25, -0.2) is 0 Å². The minimum absolute atomic E-state index is 1.22. The lowest BCUT2D eigenvalue weighted by Crippen LogP contribution is -1.91. The van der Waals surface area contributed by atoms with Crippen LogP contribution in [0.5, 0.6) is 0 Å². The third-order valence-corrected chi connectivity index (χ3v) is 9.42. The smallest absolute Gasteiger partial charge is 0.00262 e. The first-order valence-electron chi connectivity index (χ1n) is 15.9. The van der Waals surface area contributed by atoms with Crippen molar-refractivity contribution in [2.75, 3.05) is 0 Å². The highest BCUT2D eigenvalue weighted by Gasteiger charge is 2.17. The fraction of sp³-hybridized carbons (Fsp3) is 0. The van der Waals surface area contributed by atoms with Gasteiger partial charge >= 0.3 is 0 Å². The molecule has 0 aliphatic rings. The molecule has 0 heteroatoms. The summed E-state index contributed by atoms with van der Waals surface area (Å²) < 4.78 is 0. The highest BCUT2D eigenvalue weighted by molar-refractivity contribution is 6.21. The van der Waals surface area contributed by atoms with Crippen molar-refractivity contribution in [1.82, 2.24) is 0 Å². The van der Waals surface area contributed by atoms with Gasteiger partial charge in [0.05, 0.1) is 0 Å². The molecule has 0 spiro atoms. The molecular weight excluding hydrogens is 553 g/mol. The molecule has 46 heavy (non-hydrogen) atoms. The number of hydrogen-bond donors (Lipinski definition) is 0. The highest BCUT2D eigenvalue weighted by atomic mass is 14.2. The first-order valence-corrected chi connectivity index (χ1v) is 15.9. The van der Waals surface area contributed by atoms with Gasteiger partial charge in [-0.15, -0.1) is 0 Å². The van der Waals surface area contributed by atoms with Gasteiger partial charge in [0, 0.05) is 0 Å². The Labute approximate surface area is 268 Å². The Bertz CT molecular complexity index is 2510. The molecule has 0 fully saturated rings. The van der Waals surface area contributed by atoms with Crippen molar-refractivity contribution in [3.8, 4) is 44.5 Å². The van der Waals surface area contributed by atoms with Gasteiger partial charge in [0.1, 0.15) is 0 Å². The molecule has 0 aliphatic carbocycles. The van der Waals surface area contributed by atoms with E-state index in [1.807, 2.05) is 0 Å². The minimum atomic E-state index is 1.22. The number of benzene rings is 9. The van der Waals surface area contributed by atoms with Crippen molar-refractivity contribution >= 4 is 43.1 Å². The molecule has 0 N–H and O–H groups in total. The Morgan fingerprint density at radius 2 is 0.543 bits per heavy atom. The van der Waals surface area contributed by atoms with E-state index in [-0.39, 0.29) is 0 Å². The summed E-state index contributed by atoms with van der Waals surface area (Å²) in [7, 11) is 0. The van der Waals surface area contributed by atoms with Crippen molar-refractivity contribution in [3.05, 3.63) is 182 Å². The maximum absolute atomic E-state index is 2.36. The van der Waals surface area contributed by atoms with Crippen LogP contribution in [-0.4, -0.2) is 0 Å². The molecular formula is C46H30. The van der Waals surface area contributed by atoms with Crippen LogP contribution in [0.4, 0.5) is 0 Å². The SMILES string of the molecule is c1cc(-c2ccc(-c3ccc4ccccc4c3)cc2)cc(-c2c3ccccc3c(-c3ccc4ccccc4c3)c3ccccc23)c1. The molecule has 0 heterocycles. The summed E-state index contributed by atoms with van der Waals surface area (Å²) in [5.74, 6) is 0. The average molecular weight is 583 g/mol. The number of hydrogen-bond acceptors (Lipinski definition) is 0. The van der Waals surface area contributed by atoms with Gasteiger partial charge < -0.3 is 0 Å². The van der Waals surface area contributed by atoms with Gasteiger partial charge in [0.25, 0.3) is 0 Å². The van der Waals surface area contributed by atoms with Crippen molar-refractivity contribution in [2.24, 2.45) is 0 Å². The van der Waals surface area contributed by atoms with Gasteiger partial charge in [-0.3, -0.25) is 0 Å². The van der Waals surface area contributed by atoms with E-state index >= 15 is 0 Å². The number of rotatable bonds is 4. The second kappa shape index (κ2) is 10.9. The van der Waals surface area contributed by atoms with Gasteiger partial charge in [-0.05, 0) is 106 Å². The molecule has 9 aromatic carbocycles. The van der Waals surface area contributed by atoms with Crippen molar-refractivity contribution < 1.29 is 0 Å². The zero-order valence-electron chi connectivity index (χ0n) is 25.3. The van der Waals surface area contributed by atoms with Gasteiger partial charge in [0.2, 0.25) is 0 Å². The standard InChI is InChI=1S/C46H30/c1-3-12-35-28-38(26-24-31(35)10-1)34-22-20-33(21-23-34)37-14-9-15-39(29-37)45-41-16-5-7-18-43(41)46(44-19-8-6-17-42(44)45)40-27-25-32-11-2-4-13-36(32)30-40/h1-30H. The lowest BCUT2D eigenvalue weighted by Gasteiger charge is -2.18. The highest BCUT2D eigenvalue weighted by Crippen LogP contribution is 2.44. The van der Waals surface area contributed by atoms with Crippen LogP contribution in [0.1, 0.15) is 0 Å². The van der Waals surface area contributed by atoms with E-state index in [4.69, 9.17) is 0 Å². The van der Waals surface area contributed by atoms with E-state index in [2.05, 4.69) is 182 Å². The Balaban J connectivity index is 1.18. The maximum atomic E-state index is 2.36. The zero-order valence-corrected chi connectivity index (χ0v) is 25.3. The van der Waals surface area contributed by atoms with E-state index < -0.39 is 0 Å². The first-order chi connectivity index (χ1) is 22.8.